The summed E-state index contributed by atoms with van der Waals surface area (Å²) in [5, 5.41) is 19.8. The summed E-state index contributed by atoms with van der Waals surface area (Å²) in [5.41, 5.74) is -8.97. The number of carbonyl (C=O) groups excluding carboxylic acids is 2. The van der Waals surface area contributed by atoms with E-state index in [9.17, 15) is 46.1 Å². The molecule has 2 amide bonds. The maximum absolute atomic E-state index is 13.5. The topological polar surface area (TPSA) is 103 Å². The third-order valence-electron chi connectivity index (χ3n) is 6.06. The molecular formula is C23H23Cl2F6N3O4S. The highest BCUT2D eigenvalue weighted by Crippen LogP contribution is 2.54. The Labute approximate surface area is 232 Å². The van der Waals surface area contributed by atoms with Crippen molar-refractivity contribution in [1.82, 2.24) is 15.2 Å². The van der Waals surface area contributed by atoms with Crippen molar-refractivity contribution >= 4 is 46.4 Å². The molecule has 1 aromatic carbocycles. The Balaban J connectivity index is 2.19. The van der Waals surface area contributed by atoms with Crippen LogP contribution in [0.15, 0.2) is 12.1 Å². The molecule has 3 N–H and O–H groups in total. The molecule has 0 unspecified atom stereocenters. The predicted molar refractivity (Wildman–Crippen MR) is 132 cm³/mol. The van der Waals surface area contributed by atoms with Gasteiger partial charge >= 0.3 is 12.4 Å². The highest BCUT2D eigenvalue weighted by atomic mass is 35.5. The number of halogens is 8. The van der Waals surface area contributed by atoms with E-state index in [1.165, 1.54) is 18.7 Å². The van der Waals surface area contributed by atoms with Gasteiger partial charge in [-0.2, -0.15) is 26.3 Å². The van der Waals surface area contributed by atoms with E-state index in [2.05, 4.69) is 10.3 Å². The van der Waals surface area contributed by atoms with Gasteiger partial charge in [-0.15, -0.1) is 11.3 Å². The van der Waals surface area contributed by atoms with E-state index in [0.29, 0.717) is 36.8 Å². The average Bonchev–Trinajstić information content (AvgIpc) is 3.43. The van der Waals surface area contributed by atoms with Gasteiger partial charge in [-0.3, -0.25) is 9.59 Å². The molecule has 1 aliphatic heterocycles. The first-order valence-corrected chi connectivity index (χ1v) is 12.9. The van der Waals surface area contributed by atoms with E-state index in [0.717, 1.165) is 6.07 Å². The number of nitrogens with zero attached hydrogens (tertiary/aromatic N) is 2. The van der Waals surface area contributed by atoms with Gasteiger partial charge in [-0.05, 0) is 33.6 Å². The Morgan fingerprint density at radius 1 is 1.10 bits per heavy atom. The largest absolute Gasteiger partial charge is 0.430 e. The lowest BCUT2D eigenvalue weighted by atomic mass is 9.91. The number of hydrogen-bond donors (Lipinski definition) is 3. The molecule has 0 radical (unpaired) electrons. The summed E-state index contributed by atoms with van der Waals surface area (Å²) in [5.74, 6) is -1.43. The summed E-state index contributed by atoms with van der Waals surface area (Å²) in [6.45, 7) is 4.80. The molecule has 7 nitrogen and oxygen atoms in total. The summed E-state index contributed by atoms with van der Waals surface area (Å²) in [7, 11) is 0. The maximum atomic E-state index is 13.5. The minimum Gasteiger partial charge on any atom is -0.389 e. The molecule has 0 spiro atoms. The number of amides is 2. The van der Waals surface area contributed by atoms with Crippen molar-refractivity contribution in [2.45, 2.75) is 63.2 Å². The number of likely N-dealkylation sites (tertiary alicyclic amines) is 1. The Morgan fingerprint density at radius 3 is 2.18 bits per heavy atom. The second-order valence-electron chi connectivity index (χ2n) is 9.68. The minimum absolute atomic E-state index is 0.131. The van der Waals surface area contributed by atoms with Gasteiger partial charge in [0.15, 0.2) is 5.01 Å². The molecule has 1 aromatic heterocycles. The SMILES string of the molecule is C[C@H]1CCCN1C(=O)c1nc(C(=O)NCC(C)(C)O)sc1-c1ccc(C(O)(C(F)(F)F)C(F)(F)F)c(Cl)c1Cl. The molecule has 2 aromatic rings. The zero-order valence-electron chi connectivity index (χ0n) is 20.6. The zero-order chi connectivity index (χ0) is 29.7. The molecule has 1 aliphatic rings. The highest BCUT2D eigenvalue weighted by Gasteiger charge is 2.72. The van der Waals surface area contributed by atoms with Gasteiger partial charge in [-0.25, -0.2) is 4.98 Å². The molecule has 0 saturated carbocycles. The first-order chi connectivity index (χ1) is 17.7. The Hall–Kier alpha value is -2.13. The number of thiazole rings is 1. The van der Waals surface area contributed by atoms with Crippen molar-refractivity contribution in [3.63, 3.8) is 0 Å². The van der Waals surface area contributed by atoms with E-state index in [-0.39, 0.29) is 33.7 Å². The van der Waals surface area contributed by atoms with Crippen LogP contribution in [0.25, 0.3) is 10.4 Å². The Bertz CT molecular complexity index is 1260. The van der Waals surface area contributed by atoms with Crippen molar-refractivity contribution in [2.75, 3.05) is 13.1 Å². The highest BCUT2D eigenvalue weighted by molar-refractivity contribution is 7.17. The number of benzene rings is 1. The molecule has 0 aliphatic carbocycles. The molecule has 39 heavy (non-hydrogen) atoms. The molecular weight excluding hydrogens is 599 g/mol. The number of nitrogens with one attached hydrogen (secondary N) is 1. The predicted octanol–water partition coefficient (Wildman–Crippen LogP) is 5.55. The first kappa shape index (κ1) is 31.4. The third-order valence-corrected chi connectivity index (χ3v) is 8.03. The molecule has 2 heterocycles. The van der Waals surface area contributed by atoms with Crippen molar-refractivity contribution in [3.05, 3.63) is 38.4 Å². The van der Waals surface area contributed by atoms with E-state index in [1.54, 1.807) is 6.92 Å². The quantitative estimate of drug-likeness (QED) is 0.367. The monoisotopic (exact) mass is 621 g/mol. The molecule has 1 fully saturated rings. The second-order valence-corrected chi connectivity index (χ2v) is 11.4. The molecule has 3 rings (SSSR count). The van der Waals surface area contributed by atoms with Crippen LogP contribution >= 0.6 is 34.5 Å². The smallest absolute Gasteiger partial charge is 0.389 e. The van der Waals surface area contributed by atoms with Crippen LogP contribution in [-0.2, 0) is 5.60 Å². The number of aromatic nitrogens is 1. The maximum Gasteiger partial charge on any atom is 0.430 e. The fourth-order valence-corrected chi connectivity index (χ4v) is 5.58. The lowest BCUT2D eigenvalue weighted by molar-refractivity contribution is -0.376. The van der Waals surface area contributed by atoms with Gasteiger partial charge in [0.1, 0.15) is 5.69 Å². The normalized spacial score (nSPS) is 17.1. The van der Waals surface area contributed by atoms with Gasteiger partial charge in [-0.1, -0.05) is 35.3 Å². The van der Waals surface area contributed by atoms with E-state index < -0.39 is 51.0 Å². The fourth-order valence-electron chi connectivity index (χ4n) is 3.96. The Kier molecular flexibility index (Phi) is 8.61. The van der Waals surface area contributed by atoms with Crippen molar-refractivity contribution in [1.29, 1.82) is 0 Å². The van der Waals surface area contributed by atoms with E-state index >= 15 is 0 Å². The van der Waals surface area contributed by atoms with E-state index in [4.69, 9.17) is 23.2 Å². The second kappa shape index (κ2) is 10.7. The summed E-state index contributed by atoms with van der Waals surface area (Å²) in [4.78, 5) is 31.5. The number of aliphatic hydroxyl groups is 2. The third kappa shape index (κ3) is 5.99. The van der Waals surface area contributed by atoms with Crippen LogP contribution in [0.4, 0.5) is 26.3 Å². The molecule has 16 heteroatoms. The van der Waals surface area contributed by atoms with Gasteiger partial charge < -0.3 is 20.4 Å². The first-order valence-electron chi connectivity index (χ1n) is 11.4. The van der Waals surface area contributed by atoms with Gasteiger partial charge in [0.25, 0.3) is 17.4 Å². The van der Waals surface area contributed by atoms with Crippen LogP contribution in [-0.4, -0.2) is 69.0 Å². The lowest BCUT2D eigenvalue weighted by Crippen LogP contribution is -2.54. The number of hydrogen-bond acceptors (Lipinski definition) is 6. The number of alkyl halides is 6. The van der Waals surface area contributed by atoms with Crippen molar-refractivity contribution in [3.8, 4) is 10.4 Å². The molecule has 1 saturated heterocycles. The number of rotatable bonds is 6. The van der Waals surface area contributed by atoms with Gasteiger partial charge in [0, 0.05) is 30.3 Å². The molecule has 1 atom stereocenters. The summed E-state index contributed by atoms with van der Waals surface area (Å²) < 4.78 is 80.7. The van der Waals surface area contributed by atoms with Crippen molar-refractivity contribution in [2.24, 2.45) is 0 Å². The van der Waals surface area contributed by atoms with Crippen molar-refractivity contribution < 1.29 is 46.1 Å². The molecule has 216 valence electrons. The van der Waals surface area contributed by atoms with Crippen LogP contribution < -0.4 is 5.32 Å². The van der Waals surface area contributed by atoms with Gasteiger partial charge in [0.2, 0.25) is 0 Å². The standard InChI is InChI=1S/C23H23Cl2F6N3O4S/c1-10-5-4-8-34(10)19(36)15-16(39-18(33-15)17(35)32-9-20(2,3)37)11-6-7-12(14(25)13(11)24)21(38,22(26,27)28)23(29,30)31/h6-7,10,37-38H,4-5,8-9H2,1-3H3,(H,32,35)/t10-/m0/s1. The van der Waals surface area contributed by atoms with E-state index in [1.807, 2.05) is 0 Å². The summed E-state index contributed by atoms with van der Waals surface area (Å²) in [6, 6.07) is 0.849. The molecule has 0 bridgehead atoms. The lowest BCUT2D eigenvalue weighted by Gasteiger charge is -2.33. The number of carbonyl (C=O) groups is 2. The Morgan fingerprint density at radius 2 is 1.69 bits per heavy atom. The van der Waals surface area contributed by atoms with Gasteiger partial charge in [0.05, 0.1) is 20.5 Å². The fraction of sp³-hybridized carbons (Fsp3) is 0.522. The van der Waals surface area contributed by atoms with Crippen LogP contribution in [0.5, 0.6) is 0 Å². The van der Waals surface area contributed by atoms with Crippen LogP contribution in [0.1, 0.15) is 59.5 Å². The average molecular weight is 622 g/mol. The van der Waals surface area contributed by atoms with Crippen LogP contribution in [0.2, 0.25) is 10.0 Å². The minimum atomic E-state index is -6.21. The summed E-state index contributed by atoms with van der Waals surface area (Å²) in [6.07, 6.45) is -11.1. The van der Waals surface area contributed by atoms with Crippen LogP contribution in [0.3, 0.4) is 0 Å². The summed E-state index contributed by atoms with van der Waals surface area (Å²) >= 11 is 12.6. The van der Waals surface area contributed by atoms with Crippen LogP contribution in [0, 0.1) is 0 Å². The zero-order valence-corrected chi connectivity index (χ0v) is 22.9.